The van der Waals surface area contributed by atoms with E-state index in [1.165, 1.54) is 0 Å². The van der Waals surface area contributed by atoms with E-state index in [1.54, 1.807) is 22.7 Å². The van der Waals surface area contributed by atoms with Gasteiger partial charge in [-0.2, -0.15) is 5.10 Å². The summed E-state index contributed by atoms with van der Waals surface area (Å²) < 4.78 is 6.71. The number of likely N-dealkylation sites (tertiary alicyclic amines) is 1. The molecule has 26 heavy (non-hydrogen) atoms. The van der Waals surface area contributed by atoms with Crippen LogP contribution in [0.1, 0.15) is 19.8 Å². The maximum atomic E-state index is 12.4. The number of rotatable bonds is 4. The molecule has 3 rings (SSSR count). The van der Waals surface area contributed by atoms with Gasteiger partial charge in [0.1, 0.15) is 0 Å². The van der Waals surface area contributed by atoms with E-state index < -0.39 is 0 Å². The number of carbonyl (C=O) groups is 2. The standard InChI is InChI=1S/C18H23N5O3/c1-2-26-18(25)22-12-8-14(9-13-22)20-17(24)21-15-6-3-4-7-16(15)23-11-5-10-19-23/h3-7,10-11,14H,2,8-9,12-13H2,1H3,(H2,20,21,24). The van der Waals surface area contributed by atoms with E-state index in [-0.39, 0.29) is 18.2 Å². The average Bonchev–Trinajstić information content (AvgIpc) is 3.17. The van der Waals surface area contributed by atoms with Gasteiger partial charge in [0.25, 0.3) is 0 Å². The van der Waals surface area contributed by atoms with Crippen LogP contribution in [0.4, 0.5) is 15.3 Å². The molecule has 8 nitrogen and oxygen atoms in total. The number of anilines is 1. The lowest BCUT2D eigenvalue weighted by Crippen LogP contribution is -2.47. The molecule has 2 N–H and O–H groups in total. The predicted octanol–water partition coefficient (Wildman–Crippen LogP) is 2.61. The number of benzene rings is 1. The van der Waals surface area contributed by atoms with Crippen molar-refractivity contribution in [3.05, 3.63) is 42.7 Å². The zero-order valence-corrected chi connectivity index (χ0v) is 14.7. The minimum atomic E-state index is -0.288. The van der Waals surface area contributed by atoms with Crippen molar-refractivity contribution in [3.8, 4) is 5.69 Å². The van der Waals surface area contributed by atoms with Gasteiger partial charge in [0.2, 0.25) is 0 Å². The molecule has 0 unspecified atom stereocenters. The lowest BCUT2D eigenvalue weighted by Gasteiger charge is -2.31. The highest BCUT2D eigenvalue weighted by Gasteiger charge is 2.24. The number of amides is 3. The van der Waals surface area contributed by atoms with Crippen molar-refractivity contribution in [2.75, 3.05) is 25.0 Å². The van der Waals surface area contributed by atoms with E-state index in [0.29, 0.717) is 38.2 Å². The number of piperidine rings is 1. The third-order valence-corrected chi connectivity index (χ3v) is 4.26. The third kappa shape index (κ3) is 4.33. The lowest BCUT2D eigenvalue weighted by atomic mass is 10.1. The van der Waals surface area contributed by atoms with Crippen LogP contribution >= 0.6 is 0 Å². The van der Waals surface area contributed by atoms with Crippen molar-refractivity contribution in [1.82, 2.24) is 20.0 Å². The Morgan fingerprint density at radius 2 is 2.00 bits per heavy atom. The zero-order valence-electron chi connectivity index (χ0n) is 14.7. The SMILES string of the molecule is CCOC(=O)N1CCC(NC(=O)Nc2ccccc2-n2cccn2)CC1. The summed E-state index contributed by atoms with van der Waals surface area (Å²) in [5, 5.41) is 10.1. The van der Waals surface area contributed by atoms with Crippen LogP contribution in [0.3, 0.4) is 0 Å². The quantitative estimate of drug-likeness (QED) is 0.880. The van der Waals surface area contributed by atoms with Crippen LogP contribution < -0.4 is 10.6 Å². The van der Waals surface area contributed by atoms with Crippen molar-refractivity contribution < 1.29 is 14.3 Å². The predicted molar refractivity (Wildman–Crippen MR) is 97.3 cm³/mol. The van der Waals surface area contributed by atoms with E-state index in [1.807, 2.05) is 36.5 Å². The Labute approximate surface area is 152 Å². The Morgan fingerprint density at radius 3 is 2.69 bits per heavy atom. The smallest absolute Gasteiger partial charge is 0.409 e. The fraction of sp³-hybridized carbons (Fsp3) is 0.389. The van der Waals surface area contributed by atoms with Gasteiger partial charge in [-0.3, -0.25) is 0 Å². The first-order valence-electron chi connectivity index (χ1n) is 8.75. The van der Waals surface area contributed by atoms with E-state index >= 15 is 0 Å². The maximum absolute atomic E-state index is 12.4. The number of aromatic nitrogens is 2. The second kappa shape index (κ2) is 8.37. The van der Waals surface area contributed by atoms with Gasteiger partial charge in [0.15, 0.2) is 0 Å². The first-order chi connectivity index (χ1) is 12.7. The van der Waals surface area contributed by atoms with Crippen molar-refractivity contribution in [2.45, 2.75) is 25.8 Å². The summed E-state index contributed by atoms with van der Waals surface area (Å²) in [6, 6.07) is 9.07. The molecule has 0 atom stereocenters. The highest BCUT2D eigenvalue weighted by molar-refractivity contribution is 5.91. The number of hydrogen-bond acceptors (Lipinski definition) is 4. The van der Waals surface area contributed by atoms with Crippen LogP contribution in [-0.2, 0) is 4.74 Å². The van der Waals surface area contributed by atoms with E-state index in [2.05, 4.69) is 15.7 Å². The fourth-order valence-corrected chi connectivity index (χ4v) is 2.96. The number of para-hydroxylation sites is 2. The molecule has 8 heteroatoms. The molecule has 1 aliphatic rings. The van der Waals surface area contributed by atoms with Gasteiger partial charge in [0, 0.05) is 31.5 Å². The van der Waals surface area contributed by atoms with Crippen molar-refractivity contribution in [3.63, 3.8) is 0 Å². The highest BCUT2D eigenvalue weighted by Crippen LogP contribution is 2.19. The summed E-state index contributed by atoms with van der Waals surface area (Å²) in [5.74, 6) is 0. The van der Waals surface area contributed by atoms with Crippen molar-refractivity contribution in [2.24, 2.45) is 0 Å². The molecular formula is C18H23N5O3. The molecule has 1 aliphatic heterocycles. The van der Waals surface area contributed by atoms with Crippen LogP contribution in [0, 0.1) is 0 Å². The van der Waals surface area contributed by atoms with Crippen LogP contribution in [0.25, 0.3) is 5.69 Å². The molecule has 1 fully saturated rings. The Bertz CT molecular complexity index is 739. The van der Waals surface area contributed by atoms with Gasteiger partial charge in [0.05, 0.1) is 18.0 Å². The number of carbonyl (C=O) groups excluding carboxylic acids is 2. The van der Waals surface area contributed by atoms with Gasteiger partial charge >= 0.3 is 12.1 Å². The Morgan fingerprint density at radius 1 is 1.23 bits per heavy atom. The van der Waals surface area contributed by atoms with Crippen LogP contribution in [0.5, 0.6) is 0 Å². The molecule has 0 spiro atoms. The summed E-state index contributed by atoms with van der Waals surface area (Å²) in [6.45, 7) is 3.31. The van der Waals surface area contributed by atoms with Crippen LogP contribution in [0.15, 0.2) is 42.7 Å². The third-order valence-electron chi connectivity index (χ3n) is 4.26. The van der Waals surface area contributed by atoms with Crippen molar-refractivity contribution >= 4 is 17.8 Å². The minimum absolute atomic E-state index is 0.0255. The number of ether oxygens (including phenoxy) is 1. The van der Waals surface area contributed by atoms with Crippen molar-refractivity contribution in [1.29, 1.82) is 0 Å². The van der Waals surface area contributed by atoms with Gasteiger partial charge in [-0.1, -0.05) is 12.1 Å². The molecule has 2 aromatic rings. The van der Waals surface area contributed by atoms with E-state index in [9.17, 15) is 9.59 Å². The molecule has 0 aliphatic carbocycles. The molecule has 0 radical (unpaired) electrons. The summed E-state index contributed by atoms with van der Waals surface area (Å²) in [5.41, 5.74) is 1.47. The summed E-state index contributed by atoms with van der Waals surface area (Å²) in [6.07, 6.45) is 4.63. The first kappa shape index (κ1) is 17.8. The topological polar surface area (TPSA) is 88.5 Å². The minimum Gasteiger partial charge on any atom is -0.450 e. The van der Waals surface area contributed by atoms with Gasteiger partial charge in [-0.25, -0.2) is 14.3 Å². The van der Waals surface area contributed by atoms with Gasteiger partial charge in [-0.15, -0.1) is 0 Å². The Kier molecular flexibility index (Phi) is 5.73. The number of urea groups is 1. The molecule has 1 saturated heterocycles. The summed E-state index contributed by atoms with van der Waals surface area (Å²) in [4.78, 5) is 25.8. The molecular weight excluding hydrogens is 334 g/mol. The molecule has 1 aromatic carbocycles. The number of nitrogens with zero attached hydrogens (tertiary/aromatic N) is 3. The fourth-order valence-electron chi connectivity index (χ4n) is 2.96. The Balaban J connectivity index is 1.54. The molecule has 2 heterocycles. The number of nitrogens with one attached hydrogen (secondary N) is 2. The van der Waals surface area contributed by atoms with Gasteiger partial charge < -0.3 is 20.3 Å². The monoisotopic (exact) mass is 357 g/mol. The van der Waals surface area contributed by atoms with Crippen LogP contribution in [0.2, 0.25) is 0 Å². The highest BCUT2D eigenvalue weighted by atomic mass is 16.6. The molecule has 3 amide bonds. The second-order valence-corrected chi connectivity index (χ2v) is 6.03. The summed E-state index contributed by atoms with van der Waals surface area (Å²) >= 11 is 0. The summed E-state index contributed by atoms with van der Waals surface area (Å²) in [7, 11) is 0. The normalized spacial score (nSPS) is 14.7. The average molecular weight is 357 g/mol. The zero-order chi connectivity index (χ0) is 18.4. The lowest BCUT2D eigenvalue weighted by molar-refractivity contribution is 0.0959. The molecule has 1 aromatic heterocycles. The molecule has 0 bridgehead atoms. The van der Waals surface area contributed by atoms with E-state index in [4.69, 9.17) is 4.74 Å². The van der Waals surface area contributed by atoms with E-state index in [0.717, 1.165) is 5.69 Å². The largest absolute Gasteiger partial charge is 0.450 e. The van der Waals surface area contributed by atoms with Gasteiger partial charge in [-0.05, 0) is 38.0 Å². The second-order valence-electron chi connectivity index (χ2n) is 6.03. The molecule has 138 valence electrons. The number of hydrogen-bond donors (Lipinski definition) is 2. The maximum Gasteiger partial charge on any atom is 0.409 e. The molecule has 0 saturated carbocycles. The Hall–Kier alpha value is -3.03. The van der Waals surface area contributed by atoms with Crippen LogP contribution in [-0.4, -0.2) is 52.5 Å². The first-order valence-corrected chi connectivity index (χ1v) is 8.75.